The van der Waals surface area contributed by atoms with E-state index in [0.717, 1.165) is 20.7 Å². The average Bonchev–Trinajstić information content (AvgIpc) is 3.36. The molecule has 33 heavy (non-hydrogen) atoms. The number of hydrogen-bond acceptors (Lipinski definition) is 5. The quantitative estimate of drug-likeness (QED) is 0.476. The van der Waals surface area contributed by atoms with E-state index in [9.17, 15) is 14.4 Å². The fraction of sp³-hybridized carbons (Fsp3) is 0.167. The fourth-order valence-corrected chi connectivity index (χ4v) is 5.37. The minimum absolute atomic E-state index is 0.0360. The third-order valence-electron chi connectivity index (χ3n) is 5.72. The first-order valence-electron chi connectivity index (χ1n) is 10.4. The molecule has 0 aliphatic carbocycles. The van der Waals surface area contributed by atoms with E-state index in [1.165, 1.54) is 22.6 Å². The molecule has 2 aromatic carbocycles. The van der Waals surface area contributed by atoms with Crippen LogP contribution in [-0.2, 0) is 9.59 Å². The first kappa shape index (κ1) is 21.4. The van der Waals surface area contributed by atoms with Crippen LogP contribution in [0.2, 0.25) is 5.02 Å². The van der Waals surface area contributed by atoms with E-state index in [4.69, 9.17) is 11.6 Å². The van der Waals surface area contributed by atoms with Gasteiger partial charge >= 0.3 is 0 Å². The number of aryl methyl sites for hydroxylation is 1. The van der Waals surface area contributed by atoms with Crippen LogP contribution in [0.15, 0.2) is 65.7 Å². The summed E-state index contributed by atoms with van der Waals surface area (Å²) < 4.78 is 1.10. The number of carbonyl (C=O) groups is 2. The van der Waals surface area contributed by atoms with Crippen LogP contribution in [-0.4, -0.2) is 28.0 Å². The molecule has 5 rings (SSSR count). The highest BCUT2D eigenvalue weighted by atomic mass is 35.5. The Kier molecular flexibility index (Phi) is 5.47. The van der Waals surface area contributed by atoms with Crippen LogP contribution in [0.1, 0.15) is 11.3 Å². The maximum absolute atomic E-state index is 13.3. The first-order valence-corrected chi connectivity index (χ1v) is 11.6. The van der Waals surface area contributed by atoms with Gasteiger partial charge in [-0.05, 0) is 24.6 Å². The van der Waals surface area contributed by atoms with Crippen LogP contribution < -0.4 is 15.9 Å². The van der Waals surface area contributed by atoms with Crippen molar-refractivity contribution in [1.29, 1.82) is 0 Å². The van der Waals surface area contributed by atoms with Crippen molar-refractivity contribution in [2.24, 2.45) is 5.92 Å². The van der Waals surface area contributed by atoms with Gasteiger partial charge in [0.1, 0.15) is 11.2 Å². The van der Waals surface area contributed by atoms with Gasteiger partial charge in [0, 0.05) is 23.4 Å². The van der Waals surface area contributed by atoms with E-state index >= 15 is 0 Å². The first-order chi connectivity index (χ1) is 15.9. The summed E-state index contributed by atoms with van der Waals surface area (Å²) in [6.45, 7) is 2.14. The second-order valence-electron chi connectivity index (χ2n) is 7.83. The van der Waals surface area contributed by atoms with E-state index in [1.54, 1.807) is 24.3 Å². The summed E-state index contributed by atoms with van der Waals surface area (Å²) in [4.78, 5) is 46.3. The van der Waals surface area contributed by atoms with Crippen molar-refractivity contribution in [1.82, 2.24) is 9.66 Å². The molecule has 1 unspecified atom stereocenters. The van der Waals surface area contributed by atoms with Crippen LogP contribution in [0.25, 0.3) is 21.3 Å². The molecule has 1 N–H and O–H groups in total. The summed E-state index contributed by atoms with van der Waals surface area (Å²) in [7, 11) is 0. The largest absolute Gasteiger partial charge is 0.310 e. The van der Waals surface area contributed by atoms with Crippen LogP contribution in [0, 0.1) is 12.8 Å². The van der Waals surface area contributed by atoms with Crippen molar-refractivity contribution < 1.29 is 9.59 Å². The Morgan fingerprint density at radius 2 is 1.85 bits per heavy atom. The zero-order chi connectivity index (χ0) is 23.1. The van der Waals surface area contributed by atoms with Gasteiger partial charge in [0.05, 0.1) is 22.0 Å². The van der Waals surface area contributed by atoms with Gasteiger partial charge in [-0.15, -0.1) is 11.3 Å². The van der Waals surface area contributed by atoms with Gasteiger partial charge in [0.15, 0.2) is 0 Å². The Hall–Kier alpha value is -3.49. The molecule has 7 nitrogen and oxygen atoms in total. The number of thiophene rings is 1. The monoisotopic (exact) mass is 478 g/mol. The van der Waals surface area contributed by atoms with Crippen molar-refractivity contribution in [2.75, 3.05) is 16.9 Å². The third-order valence-corrected chi connectivity index (χ3v) is 7.05. The number of aromatic nitrogens is 2. The molecule has 0 saturated carbocycles. The lowest BCUT2D eigenvalue weighted by atomic mass is 10.0. The van der Waals surface area contributed by atoms with Gasteiger partial charge in [-0.25, -0.2) is 9.66 Å². The molecule has 1 aliphatic heterocycles. The third kappa shape index (κ3) is 3.81. The summed E-state index contributed by atoms with van der Waals surface area (Å²) in [6.07, 6.45) is 1.35. The number of para-hydroxylation sites is 1. The molecule has 166 valence electrons. The SMILES string of the molecule is Cc1sc2ncn(NC(=O)C3CC(=O)N(c4ccccc4Cl)C3)c(=O)c2c1-c1ccccc1. The van der Waals surface area contributed by atoms with Gasteiger partial charge in [-0.2, -0.15) is 0 Å². The number of amides is 2. The summed E-state index contributed by atoms with van der Waals surface area (Å²) >= 11 is 7.66. The molecule has 0 spiro atoms. The lowest BCUT2D eigenvalue weighted by Gasteiger charge is -2.18. The van der Waals surface area contributed by atoms with Crippen LogP contribution in [0.4, 0.5) is 5.69 Å². The van der Waals surface area contributed by atoms with Crippen molar-refractivity contribution in [3.8, 4) is 11.1 Å². The van der Waals surface area contributed by atoms with Crippen LogP contribution in [0.3, 0.4) is 0 Å². The van der Waals surface area contributed by atoms with Crippen LogP contribution >= 0.6 is 22.9 Å². The standard InChI is InChI=1S/C24H19ClN4O3S/c1-14-20(15-7-3-2-4-8-15)21-23(33-14)26-13-29(24(21)32)27-22(31)16-11-19(30)28(12-16)18-10-6-5-9-17(18)25/h2-10,13,16H,11-12H2,1H3,(H,27,31). The minimum atomic E-state index is -0.617. The lowest BCUT2D eigenvalue weighted by Crippen LogP contribution is -2.37. The number of benzene rings is 2. The normalized spacial score (nSPS) is 15.9. The highest BCUT2D eigenvalue weighted by molar-refractivity contribution is 7.19. The molecule has 0 radical (unpaired) electrons. The molecular weight excluding hydrogens is 460 g/mol. The molecular formula is C24H19ClN4O3S. The number of anilines is 1. The molecule has 9 heteroatoms. The smallest absolute Gasteiger partial charge is 0.281 e. The Bertz CT molecular complexity index is 1450. The molecule has 1 aliphatic rings. The maximum Gasteiger partial charge on any atom is 0.281 e. The molecule has 2 aromatic heterocycles. The highest BCUT2D eigenvalue weighted by Crippen LogP contribution is 2.35. The zero-order valence-corrected chi connectivity index (χ0v) is 19.2. The zero-order valence-electron chi connectivity index (χ0n) is 17.6. The van der Waals surface area contributed by atoms with Gasteiger partial charge in [0.25, 0.3) is 5.56 Å². The molecule has 1 saturated heterocycles. The molecule has 1 atom stereocenters. The van der Waals surface area contributed by atoms with Crippen molar-refractivity contribution >= 4 is 50.7 Å². The number of nitrogens with one attached hydrogen (secondary N) is 1. The predicted octanol–water partition coefficient (Wildman–Crippen LogP) is 4.21. The van der Waals surface area contributed by atoms with Gasteiger partial charge < -0.3 is 4.90 Å². The molecule has 0 bridgehead atoms. The molecule has 4 aromatic rings. The Morgan fingerprint density at radius 1 is 1.12 bits per heavy atom. The number of fused-ring (bicyclic) bond motifs is 1. The predicted molar refractivity (Wildman–Crippen MR) is 130 cm³/mol. The average molecular weight is 479 g/mol. The Labute approximate surface area is 198 Å². The molecule has 1 fully saturated rings. The van der Waals surface area contributed by atoms with E-state index in [2.05, 4.69) is 10.4 Å². The Morgan fingerprint density at radius 3 is 2.61 bits per heavy atom. The van der Waals surface area contributed by atoms with Crippen LogP contribution in [0.5, 0.6) is 0 Å². The number of nitrogens with zero attached hydrogens (tertiary/aromatic N) is 3. The second-order valence-corrected chi connectivity index (χ2v) is 9.44. The maximum atomic E-state index is 13.3. The van der Waals surface area contributed by atoms with Gasteiger partial charge in [0.2, 0.25) is 11.8 Å². The summed E-state index contributed by atoms with van der Waals surface area (Å²) in [5, 5.41) is 0.908. The van der Waals surface area contributed by atoms with E-state index in [1.807, 2.05) is 37.3 Å². The minimum Gasteiger partial charge on any atom is -0.310 e. The lowest BCUT2D eigenvalue weighted by molar-refractivity contribution is -0.123. The molecule has 3 heterocycles. The van der Waals surface area contributed by atoms with E-state index in [-0.39, 0.29) is 24.4 Å². The van der Waals surface area contributed by atoms with Crippen molar-refractivity contribution in [3.63, 3.8) is 0 Å². The van der Waals surface area contributed by atoms with Gasteiger partial charge in [-0.1, -0.05) is 54.1 Å². The number of hydrogen-bond donors (Lipinski definition) is 1. The summed E-state index contributed by atoms with van der Waals surface area (Å²) in [5.41, 5.74) is 4.58. The van der Waals surface area contributed by atoms with E-state index in [0.29, 0.717) is 20.9 Å². The topological polar surface area (TPSA) is 84.3 Å². The number of carbonyl (C=O) groups excluding carboxylic acids is 2. The summed E-state index contributed by atoms with van der Waals surface area (Å²) in [6, 6.07) is 16.6. The second kappa shape index (κ2) is 8.46. The fourth-order valence-electron chi connectivity index (χ4n) is 4.13. The van der Waals surface area contributed by atoms with Crippen molar-refractivity contribution in [2.45, 2.75) is 13.3 Å². The van der Waals surface area contributed by atoms with Gasteiger partial charge in [-0.3, -0.25) is 19.8 Å². The van der Waals surface area contributed by atoms with Crippen molar-refractivity contribution in [3.05, 3.63) is 81.2 Å². The number of halogens is 1. The summed E-state index contributed by atoms with van der Waals surface area (Å²) in [5.74, 6) is -1.23. The Balaban J connectivity index is 1.44. The van der Waals surface area contributed by atoms with E-state index < -0.39 is 11.8 Å². The highest BCUT2D eigenvalue weighted by Gasteiger charge is 2.36. The number of rotatable bonds is 4. The molecule has 2 amide bonds.